The van der Waals surface area contributed by atoms with E-state index in [0.29, 0.717) is 0 Å². The van der Waals surface area contributed by atoms with Gasteiger partial charge in [-0.15, -0.1) is 0 Å². The Morgan fingerprint density at radius 1 is 1.25 bits per heavy atom. The SMILES string of the molecule is CCC=COCCC[Si](C)(C)C. The van der Waals surface area contributed by atoms with Crippen molar-refractivity contribution in [2.24, 2.45) is 0 Å². The van der Waals surface area contributed by atoms with Gasteiger partial charge in [-0.25, -0.2) is 0 Å². The second-order valence-electron chi connectivity index (χ2n) is 4.32. The Bertz CT molecular complexity index is 124. The third-order valence-corrected chi connectivity index (χ3v) is 3.47. The number of ether oxygens (including phenoxy) is 1. The molecule has 0 unspecified atom stereocenters. The van der Waals surface area contributed by atoms with Gasteiger partial charge in [0, 0.05) is 8.07 Å². The van der Waals surface area contributed by atoms with Gasteiger partial charge in [-0.2, -0.15) is 0 Å². The summed E-state index contributed by atoms with van der Waals surface area (Å²) < 4.78 is 5.31. The van der Waals surface area contributed by atoms with Gasteiger partial charge in [0.15, 0.2) is 0 Å². The fourth-order valence-corrected chi connectivity index (χ4v) is 2.12. The zero-order chi connectivity index (χ0) is 9.45. The van der Waals surface area contributed by atoms with Crippen molar-refractivity contribution in [2.75, 3.05) is 6.61 Å². The topological polar surface area (TPSA) is 9.23 Å². The Morgan fingerprint density at radius 2 is 1.92 bits per heavy atom. The molecular formula is C10H22OSi. The van der Waals surface area contributed by atoms with Crippen LogP contribution in [0, 0.1) is 0 Å². The third-order valence-electron chi connectivity index (χ3n) is 1.62. The van der Waals surface area contributed by atoms with E-state index in [0.717, 1.165) is 13.0 Å². The van der Waals surface area contributed by atoms with Gasteiger partial charge in [0.05, 0.1) is 12.9 Å². The molecule has 72 valence electrons. The first-order valence-electron chi connectivity index (χ1n) is 4.83. The van der Waals surface area contributed by atoms with Crippen LogP contribution in [0.2, 0.25) is 25.7 Å². The highest BCUT2D eigenvalue weighted by Crippen LogP contribution is 2.10. The minimum absolute atomic E-state index is 0.830. The van der Waals surface area contributed by atoms with E-state index >= 15 is 0 Å². The monoisotopic (exact) mass is 186 g/mol. The summed E-state index contributed by atoms with van der Waals surface area (Å²) in [6, 6.07) is 1.37. The molecule has 0 N–H and O–H groups in total. The summed E-state index contributed by atoms with van der Waals surface area (Å²) in [7, 11) is -0.830. The van der Waals surface area contributed by atoms with Crippen molar-refractivity contribution in [3.05, 3.63) is 12.3 Å². The summed E-state index contributed by atoms with van der Waals surface area (Å²) in [5, 5.41) is 0. The first kappa shape index (κ1) is 11.8. The minimum Gasteiger partial charge on any atom is -0.502 e. The molecule has 0 aliphatic rings. The van der Waals surface area contributed by atoms with Crippen molar-refractivity contribution in [3.8, 4) is 0 Å². The van der Waals surface area contributed by atoms with Gasteiger partial charge in [-0.05, 0) is 12.8 Å². The lowest BCUT2D eigenvalue weighted by molar-refractivity contribution is 0.248. The second-order valence-corrected chi connectivity index (χ2v) is 9.94. The number of allylic oxidation sites excluding steroid dienone is 1. The number of rotatable bonds is 6. The molecule has 0 rings (SSSR count). The molecule has 0 bridgehead atoms. The van der Waals surface area contributed by atoms with E-state index in [1.165, 1.54) is 12.5 Å². The minimum atomic E-state index is -0.830. The highest BCUT2D eigenvalue weighted by atomic mass is 28.3. The Kier molecular flexibility index (Phi) is 6.16. The Hall–Kier alpha value is -0.243. The van der Waals surface area contributed by atoms with E-state index in [4.69, 9.17) is 4.74 Å². The van der Waals surface area contributed by atoms with E-state index in [1.807, 2.05) is 6.26 Å². The molecule has 0 saturated carbocycles. The lowest BCUT2D eigenvalue weighted by atomic mass is 10.5. The summed E-state index contributed by atoms with van der Waals surface area (Å²) in [5.41, 5.74) is 0. The van der Waals surface area contributed by atoms with Gasteiger partial charge < -0.3 is 4.74 Å². The standard InChI is InChI=1S/C10H22OSi/c1-5-6-8-11-9-7-10-12(2,3)4/h6,8H,5,7,9-10H2,1-4H3. The zero-order valence-electron chi connectivity index (χ0n) is 8.89. The molecule has 2 heteroatoms. The first-order valence-corrected chi connectivity index (χ1v) is 8.53. The molecule has 0 fully saturated rings. The molecule has 0 amide bonds. The molecular weight excluding hydrogens is 164 g/mol. The van der Waals surface area contributed by atoms with Crippen LogP contribution in [0.3, 0.4) is 0 Å². The maximum atomic E-state index is 5.31. The van der Waals surface area contributed by atoms with Gasteiger partial charge in [0.1, 0.15) is 0 Å². The predicted octanol–water partition coefficient (Wildman–Crippen LogP) is 3.66. The van der Waals surface area contributed by atoms with Gasteiger partial charge in [0.2, 0.25) is 0 Å². The Morgan fingerprint density at radius 3 is 2.42 bits per heavy atom. The van der Waals surface area contributed by atoms with E-state index in [2.05, 4.69) is 32.6 Å². The summed E-state index contributed by atoms with van der Waals surface area (Å²) in [4.78, 5) is 0. The van der Waals surface area contributed by atoms with E-state index in [1.54, 1.807) is 0 Å². The van der Waals surface area contributed by atoms with E-state index in [-0.39, 0.29) is 0 Å². The molecule has 0 aliphatic carbocycles. The van der Waals surface area contributed by atoms with Gasteiger partial charge in [0.25, 0.3) is 0 Å². The van der Waals surface area contributed by atoms with Crippen LogP contribution in [0.1, 0.15) is 19.8 Å². The normalized spacial score (nSPS) is 12.3. The van der Waals surface area contributed by atoms with Crippen LogP contribution in [0.25, 0.3) is 0 Å². The van der Waals surface area contributed by atoms with E-state index < -0.39 is 8.07 Å². The summed E-state index contributed by atoms with van der Waals surface area (Å²) in [6.07, 6.45) is 6.15. The quantitative estimate of drug-likeness (QED) is 0.349. The molecule has 0 saturated heterocycles. The molecule has 12 heavy (non-hydrogen) atoms. The average molecular weight is 186 g/mol. The largest absolute Gasteiger partial charge is 0.502 e. The van der Waals surface area contributed by atoms with Crippen molar-refractivity contribution in [1.82, 2.24) is 0 Å². The van der Waals surface area contributed by atoms with Crippen molar-refractivity contribution in [2.45, 2.75) is 45.5 Å². The predicted molar refractivity (Wildman–Crippen MR) is 58.2 cm³/mol. The smallest absolute Gasteiger partial charge is 0.0870 e. The maximum absolute atomic E-state index is 5.31. The Labute approximate surface area is 77.8 Å². The highest BCUT2D eigenvalue weighted by Gasteiger charge is 2.11. The van der Waals surface area contributed by atoms with Crippen LogP contribution in [-0.4, -0.2) is 14.7 Å². The van der Waals surface area contributed by atoms with Crippen molar-refractivity contribution in [3.63, 3.8) is 0 Å². The maximum Gasteiger partial charge on any atom is 0.0870 e. The average Bonchev–Trinajstić information content (AvgIpc) is 1.94. The lowest BCUT2D eigenvalue weighted by Crippen LogP contribution is -2.19. The molecule has 1 nitrogen and oxygen atoms in total. The van der Waals surface area contributed by atoms with Crippen LogP contribution in [-0.2, 0) is 4.74 Å². The lowest BCUT2D eigenvalue weighted by Gasteiger charge is -2.14. The van der Waals surface area contributed by atoms with Crippen LogP contribution < -0.4 is 0 Å². The zero-order valence-corrected chi connectivity index (χ0v) is 9.89. The Balaban J connectivity index is 3.17. The molecule has 0 aromatic rings. The first-order chi connectivity index (χ1) is 5.56. The van der Waals surface area contributed by atoms with Crippen molar-refractivity contribution >= 4 is 8.07 Å². The molecule has 0 spiro atoms. The summed E-state index contributed by atoms with van der Waals surface area (Å²) in [5.74, 6) is 0. The fourth-order valence-electron chi connectivity index (χ4n) is 0.918. The van der Waals surface area contributed by atoms with Crippen LogP contribution >= 0.6 is 0 Å². The summed E-state index contributed by atoms with van der Waals surface area (Å²) >= 11 is 0. The molecule has 0 aliphatic heterocycles. The molecule has 0 heterocycles. The third kappa shape index (κ3) is 9.76. The molecule has 0 aromatic carbocycles. The molecule has 0 radical (unpaired) electrons. The van der Waals surface area contributed by atoms with Crippen molar-refractivity contribution in [1.29, 1.82) is 0 Å². The van der Waals surface area contributed by atoms with Crippen molar-refractivity contribution < 1.29 is 4.74 Å². The highest BCUT2D eigenvalue weighted by molar-refractivity contribution is 6.76. The van der Waals surface area contributed by atoms with Gasteiger partial charge in [-0.3, -0.25) is 0 Å². The van der Waals surface area contributed by atoms with Crippen LogP contribution in [0.4, 0.5) is 0 Å². The summed E-state index contributed by atoms with van der Waals surface area (Å²) in [6.45, 7) is 10.2. The second kappa shape index (κ2) is 6.29. The van der Waals surface area contributed by atoms with Gasteiger partial charge in [-0.1, -0.05) is 38.7 Å². The van der Waals surface area contributed by atoms with E-state index in [9.17, 15) is 0 Å². The molecule has 0 atom stereocenters. The van der Waals surface area contributed by atoms with Crippen LogP contribution in [0.5, 0.6) is 0 Å². The van der Waals surface area contributed by atoms with Gasteiger partial charge >= 0.3 is 0 Å². The van der Waals surface area contributed by atoms with Crippen LogP contribution in [0.15, 0.2) is 12.3 Å². The number of hydrogen-bond donors (Lipinski definition) is 0. The molecule has 0 aromatic heterocycles. The fraction of sp³-hybridized carbons (Fsp3) is 0.800. The number of hydrogen-bond acceptors (Lipinski definition) is 1.